The summed E-state index contributed by atoms with van der Waals surface area (Å²) >= 11 is 1.47. The molecule has 0 saturated heterocycles. The Kier molecular flexibility index (Phi) is 3.82. The number of nitrogens with one attached hydrogen (secondary N) is 1. The number of hydrogen-bond donors (Lipinski definition) is 1. The lowest BCUT2D eigenvalue weighted by atomic mass is 10.2. The van der Waals surface area contributed by atoms with Gasteiger partial charge in [0, 0.05) is 6.20 Å². The Morgan fingerprint density at radius 3 is 3.05 bits per heavy atom. The molecule has 1 N–H and O–H groups in total. The lowest BCUT2D eigenvalue weighted by Crippen LogP contribution is -2.20. The van der Waals surface area contributed by atoms with E-state index in [9.17, 15) is 4.79 Å². The van der Waals surface area contributed by atoms with E-state index in [1.807, 2.05) is 11.6 Å². The summed E-state index contributed by atoms with van der Waals surface area (Å²) in [6.45, 7) is 2.04. The summed E-state index contributed by atoms with van der Waals surface area (Å²) in [5.41, 5.74) is 3.35. The van der Waals surface area contributed by atoms with Crippen LogP contribution in [0.2, 0.25) is 0 Å². The molecule has 2 aromatic rings. The van der Waals surface area contributed by atoms with Crippen molar-refractivity contribution in [3.8, 4) is 0 Å². The third-order valence-corrected chi connectivity index (χ3v) is 4.56. The van der Waals surface area contributed by atoms with Crippen LogP contribution in [-0.4, -0.2) is 20.7 Å². The first kappa shape index (κ1) is 13.3. The number of carbonyl (C=O) groups excluding carboxylic acids is 1. The first-order valence-corrected chi connectivity index (χ1v) is 7.94. The maximum Gasteiger partial charge on any atom is 0.274 e. The van der Waals surface area contributed by atoms with Gasteiger partial charge in [0.2, 0.25) is 0 Å². The zero-order chi connectivity index (χ0) is 13.9. The van der Waals surface area contributed by atoms with Crippen LogP contribution in [0.3, 0.4) is 0 Å². The number of nitrogens with zero attached hydrogens (tertiary/aromatic N) is 3. The van der Waals surface area contributed by atoms with Crippen LogP contribution in [0.25, 0.3) is 0 Å². The highest BCUT2D eigenvalue weighted by Crippen LogP contribution is 2.30. The fraction of sp³-hybridized carbons (Fsp3) is 0.500. The van der Waals surface area contributed by atoms with Gasteiger partial charge in [-0.05, 0) is 25.3 Å². The predicted octanol–water partition coefficient (Wildman–Crippen LogP) is 3.27. The zero-order valence-corrected chi connectivity index (χ0v) is 12.3. The topological polar surface area (TPSA) is 59.8 Å². The van der Waals surface area contributed by atoms with E-state index in [0.717, 1.165) is 30.0 Å². The number of rotatable bonds is 4. The normalized spacial score (nSPS) is 15.7. The van der Waals surface area contributed by atoms with Crippen LogP contribution in [-0.2, 0) is 6.42 Å². The van der Waals surface area contributed by atoms with Gasteiger partial charge in [0.05, 0.1) is 17.2 Å². The highest BCUT2D eigenvalue weighted by Gasteiger charge is 2.23. The van der Waals surface area contributed by atoms with E-state index in [0.29, 0.717) is 11.7 Å². The SMILES string of the molecule is CCc1ncsc1NC(=O)c1ccnn1C1CCCC1. The van der Waals surface area contributed by atoms with Crippen molar-refractivity contribution in [3.05, 3.63) is 29.2 Å². The van der Waals surface area contributed by atoms with Crippen molar-refractivity contribution in [1.29, 1.82) is 0 Å². The average Bonchev–Trinajstić information content (AvgIpc) is 3.19. The summed E-state index contributed by atoms with van der Waals surface area (Å²) in [5.74, 6) is -0.0895. The molecule has 0 unspecified atom stereocenters. The lowest BCUT2D eigenvalue weighted by Gasteiger charge is -2.13. The molecule has 2 heterocycles. The van der Waals surface area contributed by atoms with Gasteiger partial charge in [-0.15, -0.1) is 11.3 Å². The number of aryl methyl sites for hydroxylation is 1. The molecule has 1 aliphatic rings. The van der Waals surface area contributed by atoms with Crippen molar-refractivity contribution in [3.63, 3.8) is 0 Å². The molecule has 1 saturated carbocycles. The van der Waals surface area contributed by atoms with E-state index in [1.54, 1.807) is 17.8 Å². The number of thiazole rings is 1. The Morgan fingerprint density at radius 1 is 1.50 bits per heavy atom. The van der Waals surface area contributed by atoms with Gasteiger partial charge in [0.15, 0.2) is 0 Å². The smallest absolute Gasteiger partial charge is 0.274 e. The van der Waals surface area contributed by atoms with E-state index in [2.05, 4.69) is 15.4 Å². The van der Waals surface area contributed by atoms with Crippen molar-refractivity contribution in [2.24, 2.45) is 0 Å². The van der Waals surface area contributed by atoms with Gasteiger partial charge < -0.3 is 5.32 Å². The Bertz CT molecular complexity index is 598. The van der Waals surface area contributed by atoms with E-state index in [-0.39, 0.29) is 5.91 Å². The lowest BCUT2D eigenvalue weighted by molar-refractivity contribution is 0.101. The number of carbonyl (C=O) groups is 1. The Hall–Kier alpha value is -1.69. The van der Waals surface area contributed by atoms with Crippen molar-refractivity contribution in [1.82, 2.24) is 14.8 Å². The molecule has 3 rings (SSSR count). The average molecular weight is 290 g/mol. The number of aromatic nitrogens is 3. The van der Waals surface area contributed by atoms with Crippen LogP contribution < -0.4 is 5.32 Å². The highest BCUT2D eigenvalue weighted by molar-refractivity contribution is 7.14. The molecule has 0 radical (unpaired) electrons. The van der Waals surface area contributed by atoms with Crippen LogP contribution >= 0.6 is 11.3 Å². The summed E-state index contributed by atoms with van der Waals surface area (Å²) in [5, 5.41) is 8.14. The summed E-state index contributed by atoms with van der Waals surface area (Å²) < 4.78 is 1.88. The van der Waals surface area contributed by atoms with Crippen LogP contribution in [0, 0.1) is 0 Å². The molecule has 20 heavy (non-hydrogen) atoms. The quantitative estimate of drug-likeness (QED) is 0.940. The molecular formula is C14H18N4OS. The minimum atomic E-state index is -0.0895. The number of anilines is 1. The standard InChI is InChI=1S/C14H18N4OS/c1-2-11-14(20-9-15-11)17-13(19)12-7-8-16-18(12)10-5-3-4-6-10/h7-10H,2-6H2,1H3,(H,17,19). The van der Waals surface area contributed by atoms with Gasteiger partial charge in [-0.3, -0.25) is 9.48 Å². The second-order valence-corrected chi connectivity index (χ2v) is 5.89. The summed E-state index contributed by atoms with van der Waals surface area (Å²) in [6.07, 6.45) is 7.20. The molecule has 2 aromatic heterocycles. The maximum atomic E-state index is 12.4. The van der Waals surface area contributed by atoms with E-state index in [1.165, 1.54) is 24.2 Å². The second kappa shape index (κ2) is 5.75. The number of hydrogen-bond acceptors (Lipinski definition) is 4. The van der Waals surface area contributed by atoms with Gasteiger partial charge in [0.25, 0.3) is 5.91 Å². The minimum absolute atomic E-state index is 0.0895. The molecular weight excluding hydrogens is 272 g/mol. The molecule has 5 nitrogen and oxygen atoms in total. The molecule has 106 valence electrons. The van der Waals surface area contributed by atoms with Crippen molar-refractivity contribution in [2.75, 3.05) is 5.32 Å². The van der Waals surface area contributed by atoms with Gasteiger partial charge in [-0.1, -0.05) is 19.8 Å². The van der Waals surface area contributed by atoms with Crippen LogP contribution in [0.1, 0.15) is 54.8 Å². The van der Waals surface area contributed by atoms with Gasteiger partial charge >= 0.3 is 0 Å². The first-order chi connectivity index (χ1) is 9.79. The fourth-order valence-electron chi connectivity index (χ4n) is 2.72. The van der Waals surface area contributed by atoms with Crippen molar-refractivity contribution >= 4 is 22.2 Å². The molecule has 0 aromatic carbocycles. The monoisotopic (exact) mass is 290 g/mol. The minimum Gasteiger partial charge on any atom is -0.311 e. The van der Waals surface area contributed by atoms with Crippen molar-refractivity contribution in [2.45, 2.75) is 45.1 Å². The largest absolute Gasteiger partial charge is 0.311 e. The third kappa shape index (κ3) is 2.47. The van der Waals surface area contributed by atoms with E-state index < -0.39 is 0 Å². The van der Waals surface area contributed by atoms with Gasteiger partial charge in [0.1, 0.15) is 10.7 Å². The van der Waals surface area contributed by atoms with E-state index in [4.69, 9.17) is 0 Å². The molecule has 0 atom stereocenters. The number of amides is 1. The summed E-state index contributed by atoms with van der Waals surface area (Å²) in [7, 11) is 0. The van der Waals surface area contributed by atoms with Gasteiger partial charge in [-0.25, -0.2) is 4.98 Å². The van der Waals surface area contributed by atoms with Crippen LogP contribution in [0.4, 0.5) is 5.00 Å². The van der Waals surface area contributed by atoms with Gasteiger partial charge in [-0.2, -0.15) is 5.10 Å². The molecule has 0 spiro atoms. The molecule has 1 amide bonds. The molecule has 1 aliphatic carbocycles. The highest BCUT2D eigenvalue weighted by atomic mass is 32.1. The maximum absolute atomic E-state index is 12.4. The van der Waals surface area contributed by atoms with Crippen LogP contribution in [0.5, 0.6) is 0 Å². The fourth-order valence-corrected chi connectivity index (χ4v) is 3.49. The molecule has 0 aliphatic heterocycles. The predicted molar refractivity (Wildman–Crippen MR) is 79.2 cm³/mol. The zero-order valence-electron chi connectivity index (χ0n) is 11.5. The van der Waals surface area contributed by atoms with Crippen LogP contribution in [0.15, 0.2) is 17.8 Å². The second-order valence-electron chi connectivity index (χ2n) is 5.04. The Labute approximate surface area is 122 Å². The van der Waals surface area contributed by atoms with Crippen molar-refractivity contribution < 1.29 is 4.79 Å². The van der Waals surface area contributed by atoms with E-state index >= 15 is 0 Å². The molecule has 6 heteroatoms. The molecule has 1 fully saturated rings. The third-order valence-electron chi connectivity index (χ3n) is 3.78. The summed E-state index contributed by atoms with van der Waals surface area (Å²) in [4.78, 5) is 16.7. The summed E-state index contributed by atoms with van der Waals surface area (Å²) in [6, 6.07) is 2.16. The Morgan fingerprint density at radius 2 is 2.30 bits per heavy atom. The first-order valence-electron chi connectivity index (χ1n) is 7.06. The molecule has 0 bridgehead atoms. The Balaban J connectivity index is 1.79.